The van der Waals surface area contributed by atoms with Gasteiger partial charge in [0.05, 0.1) is 23.3 Å². The minimum Gasteiger partial charge on any atom is -0.480 e. The number of aromatic nitrogens is 4. The highest BCUT2D eigenvalue weighted by Crippen LogP contribution is 2.32. The third-order valence-corrected chi connectivity index (χ3v) is 8.43. The quantitative estimate of drug-likeness (QED) is 0.289. The number of anilines is 2. The Morgan fingerprint density at radius 1 is 1.05 bits per heavy atom. The topological polar surface area (TPSA) is 148 Å². The van der Waals surface area contributed by atoms with Crippen LogP contribution in [-0.2, 0) is 19.6 Å². The van der Waals surface area contributed by atoms with Crippen LogP contribution < -0.4 is 14.4 Å². The van der Waals surface area contributed by atoms with Gasteiger partial charge in [0.2, 0.25) is 11.8 Å². The highest BCUT2D eigenvalue weighted by atomic mass is 35.5. The van der Waals surface area contributed by atoms with Gasteiger partial charge in [0.1, 0.15) is 28.2 Å². The van der Waals surface area contributed by atoms with E-state index >= 15 is 0 Å². The number of ether oxygens (including phenoxy) is 1. The van der Waals surface area contributed by atoms with E-state index in [1.807, 2.05) is 4.90 Å². The summed E-state index contributed by atoms with van der Waals surface area (Å²) in [6.07, 6.45) is 5.45. The second-order valence-electron chi connectivity index (χ2n) is 9.48. The van der Waals surface area contributed by atoms with E-state index in [-0.39, 0.29) is 33.2 Å². The molecule has 222 valence electrons. The molecule has 0 saturated carbocycles. The molecule has 1 N–H and O–H groups in total. The van der Waals surface area contributed by atoms with E-state index in [9.17, 15) is 22.4 Å². The number of piperazine rings is 1. The molecule has 0 radical (unpaired) electrons. The van der Waals surface area contributed by atoms with E-state index in [0.29, 0.717) is 54.3 Å². The Balaban J connectivity index is 1.43. The van der Waals surface area contributed by atoms with Gasteiger partial charge < -0.3 is 14.5 Å². The number of ketones is 1. The summed E-state index contributed by atoms with van der Waals surface area (Å²) in [4.78, 5) is 44.7. The number of halogens is 2. The number of pyridine rings is 2. The largest absolute Gasteiger partial charge is 0.480 e. The zero-order chi connectivity index (χ0) is 30.7. The number of rotatable bonds is 8. The molecule has 1 aliphatic heterocycles. The van der Waals surface area contributed by atoms with Crippen molar-refractivity contribution in [1.29, 1.82) is 0 Å². The number of hydrogen-bond acceptors (Lipinski definition) is 10. The maximum Gasteiger partial charge on any atom is 0.263 e. The van der Waals surface area contributed by atoms with Crippen molar-refractivity contribution >= 4 is 55.9 Å². The van der Waals surface area contributed by atoms with Crippen LogP contribution in [-0.4, -0.2) is 78.2 Å². The summed E-state index contributed by atoms with van der Waals surface area (Å²) in [5, 5.41) is -0.281. The molecule has 1 aliphatic rings. The Bertz CT molecular complexity index is 1860. The molecule has 15 heteroatoms. The minimum absolute atomic E-state index is 0.000867. The lowest BCUT2D eigenvalue weighted by molar-refractivity contribution is -0.126. The molecular weight excluding hydrogens is 601 g/mol. The average molecular weight is 626 g/mol. The maximum absolute atomic E-state index is 13.5. The van der Waals surface area contributed by atoms with E-state index in [2.05, 4.69) is 19.7 Å². The summed E-state index contributed by atoms with van der Waals surface area (Å²) < 4.78 is 47.4. The molecule has 1 saturated heterocycles. The molecular formula is C28H25ClFN7O5S. The third-order valence-electron chi connectivity index (χ3n) is 6.58. The number of amides is 1. The summed E-state index contributed by atoms with van der Waals surface area (Å²) in [6.45, 7) is 3.21. The van der Waals surface area contributed by atoms with Gasteiger partial charge in [-0.05, 0) is 49.4 Å². The Morgan fingerprint density at radius 2 is 1.81 bits per heavy atom. The third kappa shape index (κ3) is 6.54. The number of sulfonamides is 1. The number of fused-ring (bicyclic) bond motifs is 1. The zero-order valence-corrected chi connectivity index (χ0v) is 24.6. The predicted molar refractivity (Wildman–Crippen MR) is 158 cm³/mol. The van der Waals surface area contributed by atoms with Gasteiger partial charge in [-0.2, -0.15) is 0 Å². The fourth-order valence-corrected chi connectivity index (χ4v) is 6.05. The van der Waals surface area contributed by atoms with Crippen molar-refractivity contribution in [1.82, 2.24) is 24.8 Å². The summed E-state index contributed by atoms with van der Waals surface area (Å²) in [7, 11) is -2.89. The van der Waals surface area contributed by atoms with Gasteiger partial charge in [0, 0.05) is 44.0 Å². The Kier molecular flexibility index (Phi) is 8.50. The number of carbonyl (C=O) groups is 2. The molecule has 1 amide bonds. The van der Waals surface area contributed by atoms with Crippen LogP contribution in [0.3, 0.4) is 0 Å². The minimum atomic E-state index is -4.23. The van der Waals surface area contributed by atoms with E-state index in [0.717, 1.165) is 18.2 Å². The first-order valence-electron chi connectivity index (χ1n) is 12.9. The van der Waals surface area contributed by atoms with Crippen molar-refractivity contribution in [2.45, 2.75) is 11.8 Å². The molecule has 0 bridgehead atoms. The summed E-state index contributed by atoms with van der Waals surface area (Å²) in [6, 6.07) is 7.96. The van der Waals surface area contributed by atoms with E-state index in [4.69, 9.17) is 21.3 Å². The van der Waals surface area contributed by atoms with Crippen molar-refractivity contribution < 1.29 is 27.1 Å². The maximum atomic E-state index is 13.5. The standard InChI is InChI=1S/C28H25ClFN7O5S/c1-17(38)3-8-25(39)36-9-11-37(12-10-36)27-26-22(32-16-33-27)6-5-21(34-26)18-13-23(28(42-2)31-15-18)35-43(40,41)24-7-4-19(30)14-20(24)29/h3-8,13-16,35H,9-12H2,1-2H3/b8-3+. The number of nitrogens with one attached hydrogen (secondary N) is 1. The number of benzene rings is 1. The van der Waals surface area contributed by atoms with Crippen molar-refractivity contribution in [3.05, 3.63) is 71.9 Å². The van der Waals surface area contributed by atoms with Gasteiger partial charge >= 0.3 is 0 Å². The van der Waals surface area contributed by atoms with Crippen LogP contribution in [0.1, 0.15) is 6.92 Å². The predicted octanol–water partition coefficient (Wildman–Crippen LogP) is 3.48. The fourth-order valence-electron chi connectivity index (χ4n) is 4.47. The average Bonchev–Trinajstić information content (AvgIpc) is 2.99. The van der Waals surface area contributed by atoms with E-state index < -0.39 is 15.8 Å². The molecule has 4 heterocycles. The van der Waals surface area contributed by atoms with Gasteiger partial charge in [-0.25, -0.2) is 32.7 Å². The first kappa shape index (κ1) is 29.8. The van der Waals surface area contributed by atoms with Gasteiger partial charge in [-0.3, -0.25) is 14.3 Å². The lowest BCUT2D eigenvalue weighted by Gasteiger charge is -2.35. The van der Waals surface area contributed by atoms with Gasteiger partial charge in [0.15, 0.2) is 11.6 Å². The van der Waals surface area contributed by atoms with Crippen LogP contribution in [0.25, 0.3) is 22.3 Å². The van der Waals surface area contributed by atoms with Crippen molar-refractivity contribution in [3.8, 4) is 17.1 Å². The summed E-state index contributed by atoms with van der Waals surface area (Å²) in [5.74, 6) is -0.529. The number of nitrogens with zero attached hydrogens (tertiary/aromatic N) is 6. The molecule has 4 aromatic rings. The van der Waals surface area contributed by atoms with Crippen LogP contribution in [0.15, 0.2) is 66.0 Å². The van der Waals surface area contributed by atoms with Crippen LogP contribution >= 0.6 is 11.6 Å². The Hall–Kier alpha value is -4.69. The lowest BCUT2D eigenvalue weighted by Crippen LogP contribution is -2.48. The molecule has 1 aromatic carbocycles. The number of carbonyl (C=O) groups excluding carboxylic acids is 2. The molecule has 0 atom stereocenters. The van der Waals surface area contributed by atoms with Crippen LogP contribution in [0, 0.1) is 5.82 Å². The number of allylic oxidation sites excluding steroid dienone is 1. The molecule has 12 nitrogen and oxygen atoms in total. The smallest absolute Gasteiger partial charge is 0.263 e. The first-order valence-corrected chi connectivity index (χ1v) is 14.8. The zero-order valence-electron chi connectivity index (χ0n) is 23.0. The van der Waals surface area contributed by atoms with Crippen molar-refractivity contribution in [3.63, 3.8) is 0 Å². The molecule has 43 heavy (non-hydrogen) atoms. The van der Waals surface area contributed by atoms with Crippen LogP contribution in [0.4, 0.5) is 15.9 Å². The first-order chi connectivity index (χ1) is 20.6. The highest BCUT2D eigenvalue weighted by Gasteiger charge is 2.24. The molecule has 1 fully saturated rings. The second-order valence-corrected chi connectivity index (χ2v) is 11.5. The lowest BCUT2D eigenvalue weighted by atomic mass is 10.1. The summed E-state index contributed by atoms with van der Waals surface area (Å²) in [5.41, 5.74) is 2.04. The van der Waals surface area contributed by atoms with Gasteiger partial charge in [-0.1, -0.05) is 11.6 Å². The number of methoxy groups -OCH3 is 1. The monoisotopic (exact) mass is 625 g/mol. The van der Waals surface area contributed by atoms with E-state index in [1.165, 1.54) is 44.8 Å². The van der Waals surface area contributed by atoms with Gasteiger partial charge in [0.25, 0.3) is 10.0 Å². The Morgan fingerprint density at radius 3 is 2.51 bits per heavy atom. The molecule has 0 aliphatic carbocycles. The Labute approximate surface area is 251 Å². The molecule has 0 unspecified atom stereocenters. The molecule has 5 rings (SSSR count). The van der Waals surface area contributed by atoms with Crippen LogP contribution in [0.5, 0.6) is 5.88 Å². The van der Waals surface area contributed by atoms with Crippen molar-refractivity contribution in [2.75, 3.05) is 42.9 Å². The number of hydrogen-bond donors (Lipinski definition) is 1. The summed E-state index contributed by atoms with van der Waals surface area (Å²) >= 11 is 6.00. The molecule has 0 spiro atoms. The van der Waals surface area contributed by atoms with Gasteiger partial charge in [-0.15, -0.1) is 0 Å². The van der Waals surface area contributed by atoms with Crippen LogP contribution in [0.2, 0.25) is 5.02 Å². The normalized spacial score (nSPS) is 13.9. The second kappa shape index (κ2) is 12.3. The SMILES string of the molecule is COc1ncc(-c2ccc3ncnc(N4CCN(C(=O)/C=C/C(C)=O)CC4)c3n2)cc1NS(=O)(=O)c1ccc(F)cc1Cl. The fraction of sp³-hybridized carbons (Fsp3) is 0.214. The highest BCUT2D eigenvalue weighted by molar-refractivity contribution is 7.92. The molecule has 3 aromatic heterocycles. The van der Waals surface area contributed by atoms with E-state index in [1.54, 1.807) is 17.0 Å². The van der Waals surface area contributed by atoms with Crippen molar-refractivity contribution in [2.24, 2.45) is 0 Å².